The van der Waals surface area contributed by atoms with Crippen LogP contribution in [-0.4, -0.2) is 19.2 Å². The first-order valence-electron chi connectivity index (χ1n) is 8.24. The molecule has 1 saturated carbocycles. The molecular weight excluding hydrogens is 282 g/mol. The topological polar surface area (TPSA) is 21.3 Å². The number of hydrogen-bond acceptors (Lipinski definition) is 2. The van der Waals surface area contributed by atoms with Crippen LogP contribution in [0.3, 0.4) is 0 Å². The van der Waals surface area contributed by atoms with Crippen molar-refractivity contribution in [2.45, 2.75) is 64.8 Å². The molecule has 0 aromatic heterocycles. The van der Waals surface area contributed by atoms with Gasteiger partial charge in [0.25, 0.3) is 0 Å². The molecule has 21 heavy (non-hydrogen) atoms. The molecule has 3 heteroatoms. The zero-order valence-corrected chi connectivity index (χ0v) is 14.3. The molecular formula is C18H28ClNO. The Kier molecular flexibility index (Phi) is 6.38. The summed E-state index contributed by atoms with van der Waals surface area (Å²) in [7, 11) is 0. The third-order valence-corrected chi connectivity index (χ3v) is 4.72. The smallest absolute Gasteiger partial charge is 0.123 e. The summed E-state index contributed by atoms with van der Waals surface area (Å²) in [5.74, 6) is 1.40. The zero-order valence-electron chi connectivity index (χ0n) is 13.5. The van der Waals surface area contributed by atoms with E-state index in [9.17, 15) is 0 Å². The predicted molar refractivity (Wildman–Crippen MR) is 90.6 cm³/mol. The van der Waals surface area contributed by atoms with Crippen LogP contribution in [-0.2, 0) is 0 Å². The molecule has 0 atom stereocenters. The Hall–Kier alpha value is -0.730. The molecule has 0 heterocycles. The Morgan fingerprint density at radius 1 is 1.24 bits per heavy atom. The normalized spacial score (nSPS) is 16.4. The van der Waals surface area contributed by atoms with E-state index in [-0.39, 0.29) is 0 Å². The lowest BCUT2D eigenvalue weighted by atomic mass is 9.96. The van der Waals surface area contributed by atoms with Crippen molar-refractivity contribution < 1.29 is 4.74 Å². The van der Waals surface area contributed by atoms with Crippen LogP contribution in [0.2, 0.25) is 5.02 Å². The summed E-state index contributed by atoms with van der Waals surface area (Å²) in [4.78, 5) is 0. The zero-order chi connectivity index (χ0) is 15.2. The molecule has 2 rings (SSSR count). The van der Waals surface area contributed by atoms with Gasteiger partial charge in [0.1, 0.15) is 12.4 Å². The molecule has 1 N–H and O–H groups in total. The van der Waals surface area contributed by atoms with Crippen molar-refractivity contribution >= 4 is 11.6 Å². The van der Waals surface area contributed by atoms with Crippen molar-refractivity contribution in [1.82, 2.24) is 5.32 Å². The third kappa shape index (κ3) is 4.89. The van der Waals surface area contributed by atoms with Crippen LogP contribution in [0, 0.1) is 6.92 Å². The maximum Gasteiger partial charge on any atom is 0.123 e. The second-order valence-corrected chi connectivity index (χ2v) is 6.84. The van der Waals surface area contributed by atoms with Crippen LogP contribution >= 0.6 is 11.6 Å². The molecule has 0 amide bonds. The van der Waals surface area contributed by atoms with Gasteiger partial charge in [0.2, 0.25) is 0 Å². The minimum Gasteiger partial charge on any atom is -0.492 e. The highest BCUT2D eigenvalue weighted by Crippen LogP contribution is 2.31. The first-order chi connectivity index (χ1) is 10.1. The predicted octanol–water partition coefficient (Wildman–Crippen LogP) is 5.07. The molecule has 0 spiro atoms. The summed E-state index contributed by atoms with van der Waals surface area (Å²) in [6.07, 6.45) is 6.77. The van der Waals surface area contributed by atoms with Crippen LogP contribution in [0.5, 0.6) is 5.75 Å². The van der Waals surface area contributed by atoms with Gasteiger partial charge in [0, 0.05) is 17.6 Å². The minimum absolute atomic E-state index is 0.421. The number of nitrogens with one attached hydrogen (secondary N) is 1. The lowest BCUT2D eigenvalue weighted by Gasteiger charge is -2.23. The first-order valence-corrected chi connectivity index (χ1v) is 8.62. The molecule has 1 aromatic rings. The maximum absolute atomic E-state index is 6.22. The summed E-state index contributed by atoms with van der Waals surface area (Å²) in [5, 5.41) is 4.44. The van der Waals surface area contributed by atoms with Gasteiger partial charge in [-0.15, -0.1) is 0 Å². The number of halogens is 1. The van der Waals surface area contributed by atoms with E-state index in [0.29, 0.717) is 12.0 Å². The standard InChI is InChI=1S/C18H28ClNO/c1-13(2)16-12-17(19)14(3)11-18(16)21-10-9-20-15-7-5-4-6-8-15/h11-13,15,20H,4-10H2,1-3H3. The van der Waals surface area contributed by atoms with Crippen molar-refractivity contribution in [2.24, 2.45) is 0 Å². The van der Waals surface area contributed by atoms with Gasteiger partial charge in [0.05, 0.1) is 0 Å². The van der Waals surface area contributed by atoms with E-state index < -0.39 is 0 Å². The van der Waals surface area contributed by atoms with Gasteiger partial charge in [-0.05, 0) is 48.9 Å². The molecule has 0 saturated heterocycles. The van der Waals surface area contributed by atoms with Crippen molar-refractivity contribution in [3.63, 3.8) is 0 Å². The average molecular weight is 310 g/mol. The number of rotatable bonds is 6. The van der Waals surface area contributed by atoms with Crippen LogP contribution in [0.4, 0.5) is 0 Å². The van der Waals surface area contributed by atoms with Gasteiger partial charge >= 0.3 is 0 Å². The Morgan fingerprint density at radius 3 is 2.62 bits per heavy atom. The molecule has 118 valence electrons. The Bertz CT molecular complexity index is 453. The van der Waals surface area contributed by atoms with Gasteiger partial charge in [-0.3, -0.25) is 0 Å². The highest BCUT2D eigenvalue weighted by atomic mass is 35.5. The second kappa shape index (κ2) is 8.05. The molecule has 1 fully saturated rings. The average Bonchev–Trinajstić information content (AvgIpc) is 2.47. The highest BCUT2D eigenvalue weighted by molar-refractivity contribution is 6.31. The van der Waals surface area contributed by atoms with Crippen molar-refractivity contribution in [3.8, 4) is 5.75 Å². The van der Waals surface area contributed by atoms with Crippen LogP contribution in [0.25, 0.3) is 0 Å². The lowest BCUT2D eigenvalue weighted by molar-refractivity contribution is 0.286. The molecule has 2 nitrogen and oxygen atoms in total. The SMILES string of the molecule is Cc1cc(OCCNC2CCCCC2)c(C(C)C)cc1Cl. The second-order valence-electron chi connectivity index (χ2n) is 6.43. The fourth-order valence-electron chi connectivity index (χ4n) is 2.98. The summed E-state index contributed by atoms with van der Waals surface area (Å²) in [6, 6.07) is 4.81. The Labute approximate surface area is 134 Å². The van der Waals surface area contributed by atoms with Crippen molar-refractivity contribution in [1.29, 1.82) is 0 Å². The van der Waals surface area contributed by atoms with Crippen LogP contribution in [0.15, 0.2) is 12.1 Å². The molecule has 1 aliphatic rings. The van der Waals surface area contributed by atoms with E-state index >= 15 is 0 Å². The van der Waals surface area contributed by atoms with Gasteiger partial charge in [-0.2, -0.15) is 0 Å². The molecule has 1 aromatic carbocycles. The van der Waals surface area contributed by atoms with Crippen molar-refractivity contribution in [3.05, 3.63) is 28.3 Å². The van der Waals surface area contributed by atoms with Crippen LogP contribution < -0.4 is 10.1 Å². The van der Waals surface area contributed by atoms with Gasteiger partial charge in [-0.25, -0.2) is 0 Å². The fourth-order valence-corrected chi connectivity index (χ4v) is 3.15. The van der Waals surface area contributed by atoms with E-state index in [0.717, 1.165) is 29.5 Å². The Morgan fingerprint density at radius 2 is 1.95 bits per heavy atom. The lowest BCUT2D eigenvalue weighted by Crippen LogP contribution is -2.34. The minimum atomic E-state index is 0.421. The largest absolute Gasteiger partial charge is 0.492 e. The Balaban J connectivity index is 1.85. The molecule has 0 radical (unpaired) electrons. The number of aryl methyl sites for hydroxylation is 1. The van der Waals surface area contributed by atoms with E-state index in [2.05, 4.69) is 25.2 Å². The number of benzene rings is 1. The van der Waals surface area contributed by atoms with Gasteiger partial charge in [0.15, 0.2) is 0 Å². The van der Waals surface area contributed by atoms with E-state index in [1.54, 1.807) is 0 Å². The van der Waals surface area contributed by atoms with E-state index in [1.807, 2.05) is 13.0 Å². The molecule has 0 aliphatic heterocycles. The fraction of sp³-hybridized carbons (Fsp3) is 0.667. The number of hydrogen-bond donors (Lipinski definition) is 1. The quantitative estimate of drug-likeness (QED) is 0.740. The van der Waals surface area contributed by atoms with Crippen LogP contribution in [0.1, 0.15) is 63.0 Å². The summed E-state index contributed by atoms with van der Waals surface area (Å²) in [5.41, 5.74) is 2.28. The monoisotopic (exact) mass is 309 g/mol. The van der Waals surface area contributed by atoms with Gasteiger partial charge < -0.3 is 10.1 Å². The summed E-state index contributed by atoms with van der Waals surface area (Å²) < 4.78 is 6.00. The number of ether oxygens (including phenoxy) is 1. The first kappa shape index (κ1) is 16.6. The summed E-state index contributed by atoms with van der Waals surface area (Å²) >= 11 is 6.22. The molecule has 0 bridgehead atoms. The van der Waals surface area contributed by atoms with E-state index in [1.165, 1.54) is 37.7 Å². The maximum atomic E-state index is 6.22. The third-order valence-electron chi connectivity index (χ3n) is 4.31. The molecule has 1 aliphatic carbocycles. The van der Waals surface area contributed by atoms with E-state index in [4.69, 9.17) is 16.3 Å². The molecule has 0 unspecified atom stereocenters. The van der Waals surface area contributed by atoms with Crippen molar-refractivity contribution in [2.75, 3.05) is 13.2 Å². The van der Waals surface area contributed by atoms with Gasteiger partial charge in [-0.1, -0.05) is 44.7 Å². The highest BCUT2D eigenvalue weighted by Gasteiger charge is 2.13. The summed E-state index contributed by atoms with van der Waals surface area (Å²) in [6.45, 7) is 8.02.